The minimum atomic E-state index is -0.808. The van der Waals surface area contributed by atoms with Crippen LogP contribution in [0.1, 0.15) is 37.6 Å². The molecule has 0 aliphatic rings. The van der Waals surface area contributed by atoms with Crippen LogP contribution in [0.25, 0.3) is 11.3 Å². The van der Waals surface area contributed by atoms with Crippen LogP contribution >= 0.6 is 0 Å². The molecule has 0 aliphatic heterocycles. The van der Waals surface area contributed by atoms with Crippen LogP contribution in [0.2, 0.25) is 0 Å². The highest BCUT2D eigenvalue weighted by atomic mass is 16.5. The fourth-order valence-electron chi connectivity index (χ4n) is 3.16. The van der Waals surface area contributed by atoms with Gasteiger partial charge in [0.25, 0.3) is 0 Å². The van der Waals surface area contributed by atoms with Gasteiger partial charge in [-0.05, 0) is 45.0 Å². The SMILES string of the molecule is COc1cc(NC(=O)C(=O)NC(C)(C)CCOc2cccc(C(C)=O)c2)ccc1-c1cnco1. The highest BCUT2D eigenvalue weighted by Gasteiger charge is 2.25. The number of rotatable bonds is 9. The molecule has 2 amide bonds. The highest BCUT2D eigenvalue weighted by molar-refractivity contribution is 6.39. The molecule has 3 aromatic rings. The molecular weight excluding hydrogens is 438 g/mol. The number of carbonyl (C=O) groups is 3. The zero-order valence-corrected chi connectivity index (χ0v) is 19.5. The molecule has 2 N–H and O–H groups in total. The Morgan fingerprint density at radius 3 is 2.56 bits per heavy atom. The number of ether oxygens (including phenoxy) is 2. The maximum absolute atomic E-state index is 12.5. The third kappa shape index (κ3) is 6.44. The number of aromatic nitrogens is 1. The van der Waals surface area contributed by atoms with Crippen molar-refractivity contribution >= 4 is 23.3 Å². The van der Waals surface area contributed by atoms with Crippen LogP contribution in [-0.2, 0) is 9.59 Å². The lowest BCUT2D eigenvalue weighted by Crippen LogP contribution is -2.48. The van der Waals surface area contributed by atoms with E-state index in [2.05, 4.69) is 15.6 Å². The van der Waals surface area contributed by atoms with E-state index in [-0.39, 0.29) is 12.4 Å². The molecule has 9 nitrogen and oxygen atoms in total. The summed E-state index contributed by atoms with van der Waals surface area (Å²) in [6, 6.07) is 11.8. The second-order valence-corrected chi connectivity index (χ2v) is 8.26. The van der Waals surface area contributed by atoms with E-state index < -0.39 is 17.4 Å². The molecule has 0 spiro atoms. The second kappa shape index (κ2) is 10.7. The van der Waals surface area contributed by atoms with Gasteiger partial charge >= 0.3 is 11.8 Å². The first-order chi connectivity index (χ1) is 16.2. The number of carbonyl (C=O) groups excluding carboxylic acids is 3. The Morgan fingerprint density at radius 2 is 1.88 bits per heavy atom. The first-order valence-electron chi connectivity index (χ1n) is 10.6. The van der Waals surface area contributed by atoms with Gasteiger partial charge in [-0.3, -0.25) is 14.4 Å². The summed E-state index contributed by atoms with van der Waals surface area (Å²) < 4.78 is 16.4. The minimum Gasteiger partial charge on any atom is -0.496 e. The molecule has 34 heavy (non-hydrogen) atoms. The maximum atomic E-state index is 12.5. The lowest BCUT2D eigenvalue weighted by atomic mass is 10.0. The van der Waals surface area contributed by atoms with Gasteiger partial charge in [0, 0.05) is 29.3 Å². The molecule has 1 heterocycles. The number of benzene rings is 2. The Morgan fingerprint density at radius 1 is 1.09 bits per heavy atom. The molecule has 0 saturated heterocycles. The van der Waals surface area contributed by atoms with Crippen molar-refractivity contribution in [3.8, 4) is 22.8 Å². The van der Waals surface area contributed by atoms with Crippen molar-refractivity contribution in [2.75, 3.05) is 19.0 Å². The zero-order valence-electron chi connectivity index (χ0n) is 19.5. The van der Waals surface area contributed by atoms with Crippen molar-refractivity contribution in [3.63, 3.8) is 0 Å². The first kappa shape index (κ1) is 24.5. The van der Waals surface area contributed by atoms with Crippen LogP contribution < -0.4 is 20.1 Å². The summed E-state index contributed by atoms with van der Waals surface area (Å²) in [4.78, 5) is 40.3. The first-order valence-corrected chi connectivity index (χ1v) is 10.6. The molecular formula is C25H27N3O6. The number of nitrogens with zero attached hydrogens (tertiary/aromatic N) is 1. The number of amides is 2. The molecule has 0 aliphatic carbocycles. The highest BCUT2D eigenvalue weighted by Crippen LogP contribution is 2.32. The smallest absolute Gasteiger partial charge is 0.313 e. The zero-order chi connectivity index (χ0) is 24.7. The molecule has 0 saturated carbocycles. The van der Waals surface area contributed by atoms with Crippen LogP contribution in [-0.4, -0.2) is 41.8 Å². The number of oxazole rings is 1. The van der Waals surface area contributed by atoms with Gasteiger partial charge in [0.1, 0.15) is 11.5 Å². The summed E-state index contributed by atoms with van der Waals surface area (Å²) in [5, 5.41) is 5.28. The molecule has 0 fully saturated rings. The van der Waals surface area contributed by atoms with Crippen molar-refractivity contribution in [2.45, 2.75) is 32.7 Å². The van der Waals surface area contributed by atoms with E-state index in [0.717, 1.165) is 0 Å². The van der Waals surface area contributed by atoms with E-state index >= 15 is 0 Å². The Hall–Kier alpha value is -4.14. The lowest BCUT2D eigenvalue weighted by Gasteiger charge is -2.26. The van der Waals surface area contributed by atoms with Crippen molar-refractivity contribution in [2.24, 2.45) is 0 Å². The molecule has 9 heteroatoms. The maximum Gasteiger partial charge on any atom is 0.313 e. The van der Waals surface area contributed by atoms with Gasteiger partial charge in [-0.15, -0.1) is 0 Å². The molecule has 2 aromatic carbocycles. The van der Waals surface area contributed by atoms with Crippen LogP contribution in [0.15, 0.2) is 59.5 Å². The normalized spacial score (nSPS) is 10.9. The molecule has 3 rings (SSSR count). The molecule has 1 aromatic heterocycles. The van der Waals surface area contributed by atoms with Gasteiger partial charge in [-0.1, -0.05) is 12.1 Å². The quantitative estimate of drug-likeness (QED) is 0.364. The van der Waals surface area contributed by atoms with Crippen molar-refractivity contribution in [3.05, 3.63) is 60.6 Å². The summed E-state index contributed by atoms with van der Waals surface area (Å²) >= 11 is 0. The Labute approximate surface area is 197 Å². The number of ketones is 1. The monoisotopic (exact) mass is 465 g/mol. The average Bonchev–Trinajstić information content (AvgIpc) is 3.33. The summed E-state index contributed by atoms with van der Waals surface area (Å²) in [6.45, 7) is 5.37. The number of hydrogen-bond donors (Lipinski definition) is 2. The van der Waals surface area contributed by atoms with Crippen LogP contribution in [0.3, 0.4) is 0 Å². The number of anilines is 1. The van der Waals surface area contributed by atoms with Crippen LogP contribution in [0.5, 0.6) is 11.5 Å². The van der Waals surface area contributed by atoms with Gasteiger partial charge in [0.15, 0.2) is 17.9 Å². The molecule has 0 bridgehead atoms. The average molecular weight is 466 g/mol. The number of Topliss-reactive ketones (excluding diaryl/α,β-unsaturated/α-hetero) is 1. The number of methoxy groups -OCH3 is 1. The summed E-state index contributed by atoms with van der Waals surface area (Å²) in [7, 11) is 1.49. The topological polar surface area (TPSA) is 120 Å². The molecule has 178 valence electrons. The second-order valence-electron chi connectivity index (χ2n) is 8.26. The molecule has 0 unspecified atom stereocenters. The number of hydrogen-bond acceptors (Lipinski definition) is 7. The predicted octanol–water partition coefficient (Wildman–Crippen LogP) is 3.86. The van der Waals surface area contributed by atoms with Gasteiger partial charge in [0.2, 0.25) is 0 Å². The van der Waals surface area contributed by atoms with Gasteiger partial charge in [-0.2, -0.15) is 0 Å². The van der Waals surface area contributed by atoms with Gasteiger partial charge < -0.3 is 24.5 Å². The Bertz CT molecular complexity index is 1170. The van der Waals surface area contributed by atoms with Crippen LogP contribution in [0, 0.1) is 0 Å². The molecule has 0 atom stereocenters. The Balaban J connectivity index is 1.54. The predicted molar refractivity (Wildman–Crippen MR) is 126 cm³/mol. The largest absolute Gasteiger partial charge is 0.496 e. The van der Waals surface area contributed by atoms with Gasteiger partial charge in [-0.25, -0.2) is 4.98 Å². The summed E-state index contributed by atoms with van der Waals surface area (Å²) in [5.41, 5.74) is 0.914. The van der Waals surface area contributed by atoms with E-state index in [1.165, 1.54) is 20.4 Å². The van der Waals surface area contributed by atoms with E-state index in [9.17, 15) is 14.4 Å². The third-order valence-corrected chi connectivity index (χ3v) is 5.05. The standard InChI is InChI=1S/C25H27N3O6/c1-16(29)17-6-5-7-19(12-17)33-11-10-25(2,3)28-24(31)23(30)27-18-8-9-20(21(13-18)32-4)22-14-26-15-34-22/h5-9,12-15H,10-11H2,1-4H3,(H,27,30)(H,28,31). The van der Waals surface area contributed by atoms with E-state index in [0.29, 0.717) is 40.5 Å². The fraction of sp³-hybridized carbons (Fsp3) is 0.280. The molecule has 0 radical (unpaired) electrons. The van der Waals surface area contributed by atoms with E-state index in [1.54, 1.807) is 62.5 Å². The lowest BCUT2D eigenvalue weighted by molar-refractivity contribution is -0.137. The minimum absolute atomic E-state index is 0.0470. The van der Waals surface area contributed by atoms with Crippen molar-refractivity contribution < 1.29 is 28.3 Å². The third-order valence-electron chi connectivity index (χ3n) is 5.05. The van der Waals surface area contributed by atoms with Gasteiger partial charge in [0.05, 0.1) is 25.5 Å². The van der Waals surface area contributed by atoms with E-state index in [4.69, 9.17) is 13.9 Å². The van der Waals surface area contributed by atoms with Crippen molar-refractivity contribution in [1.82, 2.24) is 10.3 Å². The summed E-state index contributed by atoms with van der Waals surface area (Å²) in [6.07, 6.45) is 3.30. The van der Waals surface area contributed by atoms with E-state index in [1.807, 2.05) is 0 Å². The van der Waals surface area contributed by atoms with Crippen LogP contribution in [0.4, 0.5) is 5.69 Å². The van der Waals surface area contributed by atoms with Crippen molar-refractivity contribution in [1.29, 1.82) is 0 Å². The summed E-state index contributed by atoms with van der Waals surface area (Å²) in [5.74, 6) is -0.0882. The fourth-order valence-corrected chi connectivity index (χ4v) is 3.16. The number of nitrogens with one attached hydrogen (secondary N) is 2. The Kier molecular flexibility index (Phi) is 7.68.